The lowest BCUT2D eigenvalue weighted by Crippen LogP contribution is -2.11. The Morgan fingerprint density at radius 3 is 2.67 bits per heavy atom. The molecule has 2 heterocycles. The van der Waals surface area contributed by atoms with Gasteiger partial charge in [-0.3, -0.25) is 4.79 Å². The van der Waals surface area contributed by atoms with Crippen LogP contribution in [0.2, 0.25) is 0 Å². The molecule has 0 spiro atoms. The van der Waals surface area contributed by atoms with Crippen LogP contribution in [0.25, 0.3) is 0 Å². The number of furan rings is 1. The molecule has 0 amide bonds. The molecule has 0 aliphatic rings. The van der Waals surface area contributed by atoms with E-state index in [1.165, 1.54) is 25.4 Å². The Hall–Kier alpha value is -3.08. The summed E-state index contributed by atoms with van der Waals surface area (Å²) < 4.78 is 19.6. The Morgan fingerprint density at radius 2 is 2.00 bits per heavy atom. The second-order valence-electron chi connectivity index (χ2n) is 4.88. The van der Waals surface area contributed by atoms with Crippen molar-refractivity contribution in [1.82, 2.24) is 9.97 Å². The summed E-state index contributed by atoms with van der Waals surface area (Å²) in [5.74, 6) is -1.59. The fourth-order valence-corrected chi connectivity index (χ4v) is 2.42. The summed E-state index contributed by atoms with van der Waals surface area (Å²) in [5, 5.41) is 0.212. The van der Waals surface area contributed by atoms with E-state index in [-0.39, 0.29) is 41.3 Å². The summed E-state index contributed by atoms with van der Waals surface area (Å²) in [5.41, 5.74) is 5.76. The largest absolute Gasteiger partial charge is 0.463 e. The molecule has 2 N–H and O–H groups in total. The van der Waals surface area contributed by atoms with Gasteiger partial charge in [0.25, 0.3) is 0 Å². The van der Waals surface area contributed by atoms with Crippen LogP contribution < -0.4 is 5.73 Å². The van der Waals surface area contributed by atoms with Gasteiger partial charge in [-0.2, -0.15) is 0 Å². The number of carbonyl (C=O) groups is 3. The van der Waals surface area contributed by atoms with Gasteiger partial charge in [0.15, 0.2) is 5.16 Å². The minimum absolute atomic E-state index is 0.0171. The fourth-order valence-electron chi connectivity index (χ4n) is 1.80. The average molecular weight is 395 g/mol. The summed E-state index contributed by atoms with van der Waals surface area (Å²) in [6, 6.07) is 2.93. The first-order valence-corrected chi connectivity index (χ1v) is 8.68. The van der Waals surface area contributed by atoms with E-state index in [0.717, 1.165) is 11.8 Å². The molecule has 0 aliphatic heterocycles. The van der Waals surface area contributed by atoms with Crippen molar-refractivity contribution < 1.29 is 33.0 Å². The summed E-state index contributed by atoms with van der Waals surface area (Å²) >= 11 is 0.992. The van der Waals surface area contributed by atoms with Crippen molar-refractivity contribution in [1.29, 1.82) is 0 Å². The summed E-state index contributed by atoms with van der Waals surface area (Å²) in [4.78, 5) is 42.6. The van der Waals surface area contributed by atoms with Gasteiger partial charge in [-0.25, -0.2) is 19.6 Å². The average Bonchev–Trinajstić information content (AvgIpc) is 3.13. The molecule has 0 radical (unpaired) electrons. The maximum Gasteiger partial charge on any atom is 0.373 e. The molecule has 0 unspecified atom stereocenters. The molecule has 0 fully saturated rings. The van der Waals surface area contributed by atoms with E-state index in [1.807, 2.05) is 0 Å². The SMILES string of the molecule is CCOC(=O)c1cnc(SCC(=O)OCc2ccc(C(=O)OC)o2)nc1N. The highest BCUT2D eigenvalue weighted by Gasteiger charge is 2.15. The maximum absolute atomic E-state index is 11.8. The summed E-state index contributed by atoms with van der Waals surface area (Å²) in [7, 11) is 1.23. The smallest absolute Gasteiger partial charge is 0.373 e. The van der Waals surface area contributed by atoms with Crippen LogP contribution in [0.5, 0.6) is 0 Å². The van der Waals surface area contributed by atoms with Crippen molar-refractivity contribution in [2.75, 3.05) is 25.2 Å². The number of aromatic nitrogens is 2. The molecular formula is C16H17N3O7S. The van der Waals surface area contributed by atoms with Crippen LogP contribution in [0.3, 0.4) is 0 Å². The number of rotatable bonds is 8. The Bertz CT molecular complexity index is 837. The van der Waals surface area contributed by atoms with Crippen LogP contribution >= 0.6 is 11.8 Å². The van der Waals surface area contributed by atoms with E-state index in [1.54, 1.807) is 6.92 Å². The standard InChI is InChI=1S/C16H17N3O7S/c1-3-24-14(21)10-6-18-16(19-13(10)17)27-8-12(20)25-7-9-4-5-11(26-9)15(22)23-2/h4-6H,3,7-8H2,1-2H3,(H2,17,18,19). The molecule has 27 heavy (non-hydrogen) atoms. The van der Waals surface area contributed by atoms with E-state index in [4.69, 9.17) is 19.6 Å². The molecular weight excluding hydrogens is 378 g/mol. The molecule has 0 atom stereocenters. The molecule has 2 aromatic heterocycles. The minimum Gasteiger partial charge on any atom is -0.463 e. The number of thioether (sulfide) groups is 1. The third-order valence-corrected chi connectivity index (χ3v) is 3.87. The zero-order valence-corrected chi connectivity index (χ0v) is 15.4. The summed E-state index contributed by atoms with van der Waals surface area (Å²) in [6.07, 6.45) is 1.24. The topological polar surface area (TPSA) is 144 Å². The van der Waals surface area contributed by atoms with Gasteiger partial charge >= 0.3 is 17.9 Å². The first-order valence-electron chi connectivity index (χ1n) is 7.69. The van der Waals surface area contributed by atoms with Crippen LogP contribution in [0.1, 0.15) is 33.6 Å². The molecule has 0 aromatic carbocycles. The van der Waals surface area contributed by atoms with E-state index >= 15 is 0 Å². The molecule has 0 saturated heterocycles. The molecule has 2 aromatic rings. The lowest BCUT2D eigenvalue weighted by molar-refractivity contribution is -0.142. The first-order chi connectivity index (χ1) is 12.9. The van der Waals surface area contributed by atoms with Crippen LogP contribution in [-0.2, 0) is 25.6 Å². The van der Waals surface area contributed by atoms with Gasteiger partial charge in [0.2, 0.25) is 5.76 Å². The van der Waals surface area contributed by atoms with Crippen molar-refractivity contribution in [3.05, 3.63) is 35.4 Å². The number of esters is 3. The van der Waals surface area contributed by atoms with Crippen molar-refractivity contribution in [2.45, 2.75) is 18.7 Å². The fraction of sp³-hybridized carbons (Fsp3) is 0.312. The third-order valence-electron chi connectivity index (χ3n) is 3.03. The molecule has 0 saturated carbocycles. The number of hydrogen-bond acceptors (Lipinski definition) is 11. The molecule has 0 bridgehead atoms. The molecule has 0 aliphatic carbocycles. The van der Waals surface area contributed by atoms with Crippen molar-refractivity contribution in [2.24, 2.45) is 0 Å². The van der Waals surface area contributed by atoms with Crippen LogP contribution in [0.15, 0.2) is 27.9 Å². The third kappa shape index (κ3) is 5.71. The Balaban J connectivity index is 1.83. The Labute approximate surface area is 158 Å². The van der Waals surface area contributed by atoms with Crippen LogP contribution in [0, 0.1) is 0 Å². The van der Waals surface area contributed by atoms with E-state index in [0.29, 0.717) is 5.76 Å². The zero-order chi connectivity index (χ0) is 19.8. The minimum atomic E-state index is -0.621. The van der Waals surface area contributed by atoms with Crippen LogP contribution in [0.4, 0.5) is 5.82 Å². The predicted molar refractivity (Wildman–Crippen MR) is 93.0 cm³/mol. The first kappa shape index (κ1) is 20.2. The lowest BCUT2D eigenvalue weighted by Gasteiger charge is -2.06. The van der Waals surface area contributed by atoms with Gasteiger partial charge in [-0.1, -0.05) is 11.8 Å². The summed E-state index contributed by atoms with van der Waals surface area (Å²) in [6.45, 7) is 1.74. The highest BCUT2D eigenvalue weighted by molar-refractivity contribution is 7.99. The number of anilines is 1. The number of carbonyl (C=O) groups excluding carboxylic acids is 3. The van der Waals surface area contributed by atoms with Gasteiger partial charge in [0, 0.05) is 6.20 Å². The van der Waals surface area contributed by atoms with Crippen molar-refractivity contribution >= 4 is 35.5 Å². The monoisotopic (exact) mass is 395 g/mol. The molecule has 144 valence electrons. The number of nitrogens with zero attached hydrogens (tertiary/aromatic N) is 2. The highest BCUT2D eigenvalue weighted by Crippen LogP contribution is 2.18. The number of hydrogen-bond donors (Lipinski definition) is 1. The quantitative estimate of drug-likeness (QED) is 0.300. The lowest BCUT2D eigenvalue weighted by atomic mass is 10.3. The number of nitrogen functional groups attached to an aromatic ring is 1. The number of methoxy groups -OCH3 is 1. The Morgan fingerprint density at radius 1 is 1.22 bits per heavy atom. The van der Waals surface area contributed by atoms with Gasteiger partial charge in [0.05, 0.1) is 19.5 Å². The van der Waals surface area contributed by atoms with Crippen molar-refractivity contribution in [3.8, 4) is 0 Å². The van der Waals surface area contributed by atoms with Crippen LogP contribution in [-0.4, -0.2) is 47.3 Å². The van der Waals surface area contributed by atoms with Crippen molar-refractivity contribution in [3.63, 3.8) is 0 Å². The predicted octanol–water partition coefficient (Wildman–Crippen LogP) is 1.45. The zero-order valence-electron chi connectivity index (χ0n) is 14.6. The second kappa shape index (κ2) is 9.57. The van der Waals surface area contributed by atoms with E-state index < -0.39 is 17.9 Å². The van der Waals surface area contributed by atoms with Gasteiger partial charge in [-0.15, -0.1) is 0 Å². The van der Waals surface area contributed by atoms with Gasteiger partial charge in [-0.05, 0) is 19.1 Å². The number of ether oxygens (including phenoxy) is 3. The second-order valence-corrected chi connectivity index (χ2v) is 5.82. The normalized spacial score (nSPS) is 10.3. The maximum atomic E-state index is 11.8. The highest BCUT2D eigenvalue weighted by atomic mass is 32.2. The van der Waals surface area contributed by atoms with E-state index in [2.05, 4.69) is 14.7 Å². The van der Waals surface area contributed by atoms with E-state index in [9.17, 15) is 14.4 Å². The molecule has 11 heteroatoms. The number of nitrogens with two attached hydrogens (primary N) is 1. The molecule has 2 rings (SSSR count). The molecule has 10 nitrogen and oxygen atoms in total. The van der Waals surface area contributed by atoms with Gasteiger partial charge in [0.1, 0.15) is 23.7 Å². The van der Waals surface area contributed by atoms with Gasteiger partial charge < -0.3 is 24.4 Å². The Kier molecular flexibility index (Phi) is 7.17.